The first-order chi connectivity index (χ1) is 11.7. The third-order valence-corrected chi connectivity index (χ3v) is 4.87. The summed E-state index contributed by atoms with van der Waals surface area (Å²) in [5.41, 5.74) is 2.10. The lowest BCUT2D eigenvalue weighted by molar-refractivity contribution is -0.117. The predicted molar refractivity (Wildman–Crippen MR) is 96.5 cm³/mol. The summed E-state index contributed by atoms with van der Waals surface area (Å²) in [4.78, 5) is 19.0. The number of anilines is 2. The molecular weight excluding hydrogens is 304 g/mol. The molecule has 0 radical (unpaired) electrons. The molecule has 1 amide bonds. The van der Waals surface area contributed by atoms with Gasteiger partial charge in [0, 0.05) is 57.2 Å². The van der Waals surface area contributed by atoms with E-state index in [0.717, 1.165) is 51.5 Å². The van der Waals surface area contributed by atoms with Crippen molar-refractivity contribution in [3.8, 4) is 0 Å². The largest absolute Gasteiger partial charge is 0.395 e. The van der Waals surface area contributed by atoms with E-state index >= 15 is 0 Å². The van der Waals surface area contributed by atoms with Gasteiger partial charge in [0.2, 0.25) is 5.91 Å². The lowest BCUT2D eigenvalue weighted by atomic mass is 10.2. The van der Waals surface area contributed by atoms with E-state index in [1.165, 1.54) is 18.5 Å². The van der Waals surface area contributed by atoms with E-state index in [1.54, 1.807) is 0 Å². The maximum atomic E-state index is 12.2. The van der Waals surface area contributed by atoms with Crippen LogP contribution in [0.4, 0.5) is 11.4 Å². The highest BCUT2D eigenvalue weighted by Gasteiger charge is 2.18. The van der Waals surface area contributed by atoms with Gasteiger partial charge in [0.15, 0.2) is 0 Å². The molecule has 1 aromatic carbocycles. The molecule has 0 spiro atoms. The van der Waals surface area contributed by atoms with E-state index < -0.39 is 0 Å². The zero-order valence-corrected chi connectivity index (χ0v) is 14.3. The molecule has 2 fully saturated rings. The number of aliphatic hydroxyl groups excluding tert-OH is 1. The Morgan fingerprint density at radius 1 is 0.958 bits per heavy atom. The molecule has 2 saturated heterocycles. The van der Waals surface area contributed by atoms with Crippen LogP contribution >= 0.6 is 0 Å². The number of nitrogens with zero attached hydrogens (tertiary/aromatic N) is 3. The van der Waals surface area contributed by atoms with Crippen molar-refractivity contribution < 1.29 is 9.90 Å². The fourth-order valence-corrected chi connectivity index (χ4v) is 3.45. The lowest BCUT2D eigenvalue weighted by Gasteiger charge is -2.33. The zero-order valence-electron chi connectivity index (χ0n) is 14.3. The number of rotatable bonds is 6. The maximum absolute atomic E-state index is 12.2. The number of amides is 1. The summed E-state index contributed by atoms with van der Waals surface area (Å²) in [5, 5.41) is 12.0. The Kier molecular flexibility index (Phi) is 6.07. The van der Waals surface area contributed by atoms with Crippen molar-refractivity contribution in [3.05, 3.63) is 24.3 Å². The third-order valence-electron chi connectivity index (χ3n) is 4.87. The fourth-order valence-electron chi connectivity index (χ4n) is 3.45. The number of aliphatic hydroxyl groups is 1. The first kappa shape index (κ1) is 17.2. The third kappa shape index (κ3) is 4.69. The first-order valence-electron chi connectivity index (χ1n) is 8.95. The van der Waals surface area contributed by atoms with Crippen LogP contribution in [0.3, 0.4) is 0 Å². The van der Waals surface area contributed by atoms with E-state index in [2.05, 4.69) is 32.1 Å². The minimum atomic E-state index is 0.0412. The van der Waals surface area contributed by atoms with Gasteiger partial charge in [0.25, 0.3) is 0 Å². The van der Waals surface area contributed by atoms with E-state index in [1.807, 2.05) is 12.1 Å². The number of hydrogen-bond acceptors (Lipinski definition) is 5. The van der Waals surface area contributed by atoms with Gasteiger partial charge < -0.3 is 15.3 Å². The number of piperazine rings is 1. The van der Waals surface area contributed by atoms with Crippen LogP contribution in [0.1, 0.15) is 12.8 Å². The van der Waals surface area contributed by atoms with Gasteiger partial charge in [-0.1, -0.05) is 0 Å². The van der Waals surface area contributed by atoms with Crippen LogP contribution in [0.15, 0.2) is 24.3 Å². The highest BCUT2D eigenvalue weighted by atomic mass is 16.3. The molecule has 2 heterocycles. The van der Waals surface area contributed by atoms with Crippen LogP contribution in [0, 0.1) is 0 Å². The number of β-amino-alcohol motifs (C(OH)–C–C–N with tert-alkyl or cyclic N) is 1. The molecule has 0 aromatic heterocycles. The van der Waals surface area contributed by atoms with Crippen molar-refractivity contribution in [2.75, 3.05) is 69.2 Å². The summed E-state index contributed by atoms with van der Waals surface area (Å²) in [6.45, 7) is 7.21. The monoisotopic (exact) mass is 332 g/mol. The van der Waals surface area contributed by atoms with Gasteiger partial charge >= 0.3 is 0 Å². The summed E-state index contributed by atoms with van der Waals surface area (Å²) >= 11 is 0. The van der Waals surface area contributed by atoms with E-state index in [-0.39, 0.29) is 12.5 Å². The summed E-state index contributed by atoms with van der Waals surface area (Å²) < 4.78 is 0. The van der Waals surface area contributed by atoms with Crippen molar-refractivity contribution in [2.24, 2.45) is 0 Å². The summed E-state index contributed by atoms with van der Waals surface area (Å²) in [7, 11) is 0. The summed E-state index contributed by atoms with van der Waals surface area (Å²) in [6, 6.07) is 8.17. The highest BCUT2D eigenvalue weighted by molar-refractivity contribution is 5.92. The Balaban J connectivity index is 1.43. The van der Waals surface area contributed by atoms with Gasteiger partial charge in [0.1, 0.15) is 0 Å². The fraction of sp³-hybridized carbons (Fsp3) is 0.611. The number of carbonyl (C=O) groups excluding carboxylic acids is 1. The average molecular weight is 332 g/mol. The lowest BCUT2D eigenvalue weighted by Crippen LogP contribution is -2.49. The van der Waals surface area contributed by atoms with Crippen LogP contribution in [0.25, 0.3) is 0 Å². The molecule has 2 aliphatic rings. The van der Waals surface area contributed by atoms with Crippen LogP contribution in [0.2, 0.25) is 0 Å². The van der Waals surface area contributed by atoms with Crippen molar-refractivity contribution >= 4 is 17.3 Å². The molecule has 0 unspecified atom stereocenters. The Labute approximate surface area is 144 Å². The smallest absolute Gasteiger partial charge is 0.238 e. The van der Waals surface area contributed by atoms with Gasteiger partial charge in [-0.3, -0.25) is 14.6 Å². The van der Waals surface area contributed by atoms with Crippen molar-refractivity contribution in [3.63, 3.8) is 0 Å². The SMILES string of the molecule is O=C(CN1CCN(CCO)CC1)Nc1ccc(N2CCCC2)cc1. The zero-order chi connectivity index (χ0) is 16.8. The van der Waals surface area contributed by atoms with Gasteiger partial charge in [-0.05, 0) is 37.1 Å². The van der Waals surface area contributed by atoms with Gasteiger partial charge in [-0.2, -0.15) is 0 Å². The van der Waals surface area contributed by atoms with Crippen molar-refractivity contribution in [1.29, 1.82) is 0 Å². The van der Waals surface area contributed by atoms with E-state index in [0.29, 0.717) is 6.54 Å². The maximum Gasteiger partial charge on any atom is 0.238 e. The molecule has 3 rings (SSSR count). The summed E-state index contributed by atoms with van der Waals surface area (Å²) in [6.07, 6.45) is 2.54. The standard InChI is InChI=1S/C18H28N4O2/c23-14-13-20-9-11-21(12-10-20)15-18(24)19-16-3-5-17(6-4-16)22-7-1-2-8-22/h3-6,23H,1-2,7-15H2,(H,19,24). The van der Waals surface area contributed by atoms with Crippen LogP contribution < -0.4 is 10.2 Å². The summed E-state index contributed by atoms with van der Waals surface area (Å²) in [5.74, 6) is 0.0412. The molecule has 0 saturated carbocycles. The number of benzene rings is 1. The molecule has 6 nitrogen and oxygen atoms in total. The Morgan fingerprint density at radius 3 is 2.21 bits per heavy atom. The Bertz CT molecular complexity index is 520. The molecule has 1 aromatic rings. The molecule has 0 aliphatic carbocycles. The molecule has 2 aliphatic heterocycles. The van der Waals surface area contributed by atoms with Crippen molar-refractivity contribution in [2.45, 2.75) is 12.8 Å². The van der Waals surface area contributed by atoms with E-state index in [9.17, 15) is 4.79 Å². The second-order valence-corrected chi connectivity index (χ2v) is 6.63. The first-order valence-corrected chi connectivity index (χ1v) is 8.95. The number of carbonyl (C=O) groups is 1. The molecule has 2 N–H and O–H groups in total. The van der Waals surface area contributed by atoms with Gasteiger partial charge in [-0.25, -0.2) is 0 Å². The van der Waals surface area contributed by atoms with Crippen LogP contribution in [-0.4, -0.2) is 79.8 Å². The average Bonchev–Trinajstić information content (AvgIpc) is 3.12. The Hall–Kier alpha value is -1.63. The quantitative estimate of drug-likeness (QED) is 0.808. The molecule has 24 heavy (non-hydrogen) atoms. The topological polar surface area (TPSA) is 59.1 Å². The predicted octanol–water partition coefficient (Wildman–Crippen LogP) is 0.835. The minimum absolute atomic E-state index is 0.0412. The van der Waals surface area contributed by atoms with E-state index in [4.69, 9.17) is 5.11 Å². The minimum Gasteiger partial charge on any atom is -0.395 e. The van der Waals surface area contributed by atoms with Crippen molar-refractivity contribution in [1.82, 2.24) is 9.80 Å². The second-order valence-electron chi connectivity index (χ2n) is 6.63. The van der Waals surface area contributed by atoms with Crippen LogP contribution in [-0.2, 0) is 4.79 Å². The molecule has 6 heteroatoms. The molecule has 0 bridgehead atoms. The molecule has 132 valence electrons. The number of nitrogens with one attached hydrogen (secondary N) is 1. The van der Waals surface area contributed by atoms with Gasteiger partial charge in [0.05, 0.1) is 13.2 Å². The second kappa shape index (κ2) is 8.46. The number of hydrogen-bond donors (Lipinski definition) is 2. The highest BCUT2D eigenvalue weighted by Crippen LogP contribution is 2.22. The van der Waals surface area contributed by atoms with Gasteiger partial charge in [-0.15, -0.1) is 0 Å². The Morgan fingerprint density at radius 2 is 1.58 bits per heavy atom. The normalized spacial score (nSPS) is 19.6. The molecule has 0 atom stereocenters. The molecular formula is C18H28N4O2. The van der Waals surface area contributed by atoms with Crippen LogP contribution in [0.5, 0.6) is 0 Å².